The number of benzene rings is 2. The number of carbonyl (C=O) groups excluding carboxylic acids is 2. The molecule has 0 fully saturated rings. The number of anilines is 1. The van der Waals surface area contributed by atoms with Gasteiger partial charge in [-0.3, -0.25) is 14.6 Å². The lowest BCUT2D eigenvalue weighted by molar-refractivity contribution is -0.116. The van der Waals surface area contributed by atoms with E-state index in [-0.39, 0.29) is 17.9 Å². The summed E-state index contributed by atoms with van der Waals surface area (Å²) in [5, 5.41) is 2.88. The lowest BCUT2D eigenvalue weighted by Crippen LogP contribution is -2.39. The van der Waals surface area contributed by atoms with Crippen molar-refractivity contribution in [3.05, 3.63) is 47.5 Å². The zero-order valence-electron chi connectivity index (χ0n) is 19.2. The van der Waals surface area contributed by atoms with Crippen molar-refractivity contribution in [2.45, 2.75) is 46.1 Å². The van der Waals surface area contributed by atoms with Gasteiger partial charge in [0.15, 0.2) is 11.5 Å². The topological polar surface area (TPSA) is 80.2 Å². The van der Waals surface area contributed by atoms with Gasteiger partial charge in [-0.25, -0.2) is 0 Å². The van der Waals surface area contributed by atoms with Gasteiger partial charge >= 0.3 is 0 Å². The average molecular weight is 438 g/mol. The number of nitrogens with zero attached hydrogens (tertiary/aromatic N) is 2. The molecule has 2 aromatic rings. The van der Waals surface area contributed by atoms with Gasteiger partial charge in [0.2, 0.25) is 5.91 Å². The maximum atomic E-state index is 13.0. The first-order valence-electron chi connectivity index (χ1n) is 11.0. The number of hydrogen-bond donors (Lipinski definition) is 1. The smallest absolute Gasteiger partial charge is 0.256 e. The van der Waals surface area contributed by atoms with Crippen LogP contribution in [0.2, 0.25) is 0 Å². The predicted molar refractivity (Wildman–Crippen MR) is 126 cm³/mol. The first kappa shape index (κ1) is 23.3. The number of carbonyl (C=O) groups is 2. The van der Waals surface area contributed by atoms with Crippen LogP contribution < -0.4 is 14.8 Å². The van der Waals surface area contributed by atoms with Crippen molar-refractivity contribution < 1.29 is 19.1 Å². The molecule has 0 spiro atoms. The van der Waals surface area contributed by atoms with Crippen LogP contribution in [0, 0.1) is 6.92 Å². The van der Waals surface area contributed by atoms with Gasteiger partial charge in [-0.15, -0.1) is 0 Å². The molecule has 0 aliphatic carbocycles. The molecule has 1 atom stereocenters. The number of aryl methyl sites for hydroxylation is 1. The Labute approximate surface area is 189 Å². The summed E-state index contributed by atoms with van der Waals surface area (Å²) < 4.78 is 11.4. The molecular formula is C25H31N3O4. The quantitative estimate of drug-likeness (QED) is 0.574. The largest absolute Gasteiger partial charge is 0.493 e. The highest BCUT2D eigenvalue weighted by Crippen LogP contribution is 2.37. The summed E-state index contributed by atoms with van der Waals surface area (Å²) in [6.45, 7) is 6.94. The summed E-state index contributed by atoms with van der Waals surface area (Å²) in [7, 11) is 1.54. The number of hydrogen-bond acceptors (Lipinski definition) is 5. The summed E-state index contributed by atoms with van der Waals surface area (Å²) in [4.78, 5) is 31.5. The Kier molecular flexibility index (Phi) is 7.87. The molecule has 7 nitrogen and oxygen atoms in total. The Bertz CT molecular complexity index is 985. The zero-order valence-corrected chi connectivity index (χ0v) is 19.2. The molecule has 2 amide bonds. The fraction of sp³-hybridized carbons (Fsp3) is 0.400. The standard InChI is InChI=1S/C25H31N3O4/c1-5-19-16-26-21-15-23(22(31-4)14-20(21)25(30)28(19)6-2)32-13-7-8-24(29)27-18-11-9-17(3)10-12-18/h9-12,14-16,19H,5-8,13H2,1-4H3,(H,27,29)/t19-/m0/s1. The van der Waals surface area contributed by atoms with Crippen LogP contribution >= 0.6 is 0 Å². The number of nitrogens with one attached hydrogen (secondary N) is 1. The summed E-state index contributed by atoms with van der Waals surface area (Å²) in [6.07, 6.45) is 3.49. The molecule has 2 aromatic carbocycles. The number of amides is 2. The molecule has 0 saturated carbocycles. The second-order valence-corrected chi connectivity index (χ2v) is 7.73. The normalized spacial score (nSPS) is 15.2. The van der Waals surface area contributed by atoms with Crippen molar-refractivity contribution >= 4 is 29.4 Å². The van der Waals surface area contributed by atoms with E-state index in [0.717, 1.165) is 17.7 Å². The van der Waals surface area contributed by atoms with E-state index < -0.39 is 0 Å². The van der Waals surface area contributed by atoms with Crippen molar-refractivity contribution in [1.29, 1.82) is 0 Å². The lowest BCUT2D eigenvalue weighted by Gasteiger charge is -2.26. The molecule has 0 aromatic heterocycles. The van der Waals surface area contributed by atoms with Crippen LogP contribution in [0.3, 0.4) is 0 Å². The van der Waals surface area contributed by atoms with Crippen LogP contribution in [0.25, 0.3) is 0 Å². The number of ether oxygens (including phenoxy) is 2. The summed E-state index contributed by atoms with van der Waals surface area (Å²) in [5.41, 5.74) is 2.99. The summed E-state index contributed by atoms with van der Waals surface area (Å²) >= 11 is 0. The molecule has 170 valence electrons. The van der Waals surface area contributed by atoms with E-state index in [4.69, 9.17) is 9.47 Å². The van der Waals surface area contributed by atoms with E-state index in [1.165, 1.54) is 0 Å². The molecule has 1 heterocycles. The minimum atomic E-state index is -0.0653. The highest BCUT2D eigenvalue weighted by atomic mass is 16.5. The van der Waals surface area contributed by atoms with Crippen LogP contribution in [-0.4, -0.2) is 49.2 Å². The molecule has 1 aliphatic rings. The van der Waals surface area contributed by atoms with Gasteiger partial charge in [0.1, 0.15) is 0 Å². The molecule has 0 saturated heterocycles. The molecule has 7 heteroatoms. The maximum Gasteiger partial charge on any atom is 0.256 e. The van der Waals surface area contributed by atoms with Crippen molar-refractivity contribution in [3.63, 3.8) is 0 Å². The number of rotatable bonds is 9. The average Bonchev–Trinajstić information content (AvgIpc) is 2.93. The maximum absolute atomic E-state index is 13.0. The fourth-order valence-electron chi connectivity index (χ4n) is 3.63. The minimum absolute atomic E-state index is 0.0395. The van der Waals surface area contributed by atoms with Crippen LogP contribution in [0.1, 0.15) is 49.0 Å². The SMILES string of the molecule is CC[C@H]1C=Nc2cc(OCCCC(=O)Nc3ccc(C)cc3)c(OC)cc2C(=O)N1CC. The summed E-state index contributed by atoms with van der Waals surface area (Å²) in [5.74, 6) is 0.854. The third-order valence-corrected chi connectivity index (χ3v) is 5.46. The fourth-order valence-corrected chi connectivity index (χ4v) is 3.63. The number of fused-ring (bicyclic) bond motifs is 1. The first-order chi connectivity index (χ1) is 15.5. The monoisotopic (exact) mass is 437 g/mol. The third-order valence-electron chi connectivity index (χ3n) is 5.46. The van der Waals surface area contributed by atoms with Gasteiger partial charge in [0.25, 0.3) is 5.91 Å². The predicted octanol–water partition coefficient (Wildman–Crippen LogP) is 4.76. The zero-order chi connectivity index (χ0) is 23.1. The second-order valence-electron chi connectivity index (χ2n) is 7.73. The van der Waals surface area contributed by atoms with Crippen LogP contribution in [-0.2, 0) is 4.79 Å². The minimum Gasteiger partial charge on any atom is -0.493 e. The molecule has 32 heavy (non-hydrogen) atoms. The molecule has 1 N–H and O–H groups in total. The van der Waals surface area contributed by atoms with Gasteiger partial charge < -0.3 is 19.7 Å². The van der Waals surface area contributed by atoms with E-state index in [2.05, 4.69) is 10.3 Å². The second kappa shape index (κ2) is 10.8. The molecule has 0 radical (unpaired) electrons. The van der Waals surface area contributed by atoms with E-state index in [1.807, 2.05) is 56.2 Å². The molecule has 1 aliphatic heterocycles. The van der Waals surface area contributed by atoms with Crippen molar-refractivity contribution in [2.75, 3.05) is 25.6 Å². The van der Waals surface area contributed by atoms with Crippen LogP contribution in [0.15, 0.2) is 41.4 Å². The first-order valence-corrected chi connectivity index (χ1v) is 11.0. The Morgan fingerprint density at radius 3 is 2.56 bits per heavy atom. The Morgan fingerprint density at radius 1 is 1.16 bits per heavy atom. The van der Waals surface area contributed by atoms with Gasteiger partial charge in [0, 0.05) is 30.9 Å². The van der Waals surface area contributed by atoms with Gasteiger partial charge in [-0.05, 0) is 44.9 Å². The van der Waals surface area contributed by atoms with Crippen molar-refractivity contribution in [1.82, 2.24) is 4.90 Å². The summed E-state index contributed by atoms with van der Waals surface area (Å²) in [6, 6.07) is 11.1. The number of aliphatic imine (C=N–C) groups is 1. The highest BCUT2D eigenvalue weighted by molar-refractivity contribution is 6.03. The van der Waals surface area contributed by atoms with Gasteiger partial charge in [0.05, 0.1) is 31.0 Å². The van der Waals surface area contributed by atoms with Gasteiger partial charge in [-0.1, -0.05) is 24.6 Å². The van der Waals surface area contributed by atoms with Crippen LogP contribution in [0.5, 0.6) is 11.5 Å². The van der Waals surface area contributed by atoms with Crippen molar-refractivity contribution in [3.8, 4) is 11.5 Å². The van der Waals surface area contributed by atoms with E-state index in [0.29, 0.717) is 48.7 Å². The Hall–Kier alpha value is -3.35. The molecular weight excluding hydrogens is 406 g/mol. The van der Waals surface area contributed by atoms with E-state index >= 15 is 0 Å². The third kappa shape index (κ3) is 5.46. The number of methoxy groups -OCH3 is 1. The van der Waals surface area contributed by atoms with Gasteiger partial charge in [-0.2, -0.15) is 0 Å². The molecule has 3 rings (SSSR count). The Balaban J connectivity index is 1.63. The van der Waals surface area contributed by atoms with E-state index in [1.54, 1.807) is 19.2 Å². The van der Waals surface area contributed by atoms with E-state index in [9.17, 15) is 9.59 Å². The lowest BCUT2D eigenvalue weighted by atomic mass is 10.1. The highest BCUT2D eigenvalue weighted by Gasteiger charge is 2.27. The molecule has 0 bridgehead atoms. The molecule has 0 unspecified atom stereocenters. The Morgan fingerprint density at radius 2 is 1.91 bits per heavy atom. The van der Waals surface area contributed by atoms with Crippen molar-refractivity contribution in [2.24, 2.45) is 4.99 Å². The van der Waals surface area contributed by atoms with Crippen LogP contribution in [0.4, 0.5) is 11.4 Å².